The highest BCUT2D eigenvalue weighted by molar-refractivity contribution is 5.73. The molecule has 0 heterocycles. The van der Waals surface area contributed by atoms with E-state index in [-0.39, 0.29) is 23.4 Å². The minimum absolute atomic E-state index is 0.0156. The first-order chi connectivity index (χ1) is 10.1. The molecule has 128 valence electrons. The van der Waals surface area contributed by atoms with E-state index in [4.69, 9.17) is 5.11 Å². The predicted octanol–water partition coefficient (Wildman–Crippen LogP) is 1.75. The number of carbonyl (C=O) groups excluding carboxylic acids is 1. The van der Waals surface area contributed by atoms with Gasteiger partial charge in [0.25, 0.3) is 6.79 Å². The van der Waals surface area contributed by atoms with Crippen molar-refractivity contribution < 1.29 is 34.0 Å². The van der Waals surface area contributed by atoms with Crippen LogP contribution in [-0.2, 0) is 19.1 Å². The van der Waals surface area contributed by atoms with E-state index in [9.17, 15) is 14.8 Å². The molecule has 0 aliphatic heterocycles. The van der Waals surface area contributed by atoms with Crippen molar-refractivity contribution in [3.05, 3.63) is 5.21 Å². The van der Waals surface area contributed by atoms with E-state index in [1.54, 1.807) is 13.8 Å². The molecule has 0 fully saturated rings. The number of carboxylic acids is 1. The van der Waals surface area contributed by atoms with E-state index in [1.807, 2.05) is 13.8 Å². The van der Waals surface area contributed by atoms with Gasteiger partial charge < -0.3 is 24.6 Å². The zero-order chi connectivity index (χ0) is 17.3. The Balaban J connectivity index is 4.38. The fourth-order valence-electron chi connectivity index (χ4n) is 1.41. The Labute approximate surface area is 128 Å². The van der Waals surface area contributed by atoms with Gasteiger partial charge in [-0.1, -0.05) is 13.8 Å². The first-order valence-electron chi connectivity index (χ1n) is 6.74. The van der Waals surface area contributed by atoms with Crippen LogP contribution in [0.15, 0.2) is 5.28 Å². The normalized spacial score (nSPS) is 13.0. The summed E-state index contributed by atoms with van der Waals surface area (Å²) in [4.78, 5) is 26.6. The van der Waals surface area contributed by atoms with Gasteiger partial charge in [0, 0.05) is 0 Å². The van der Waals surface area contributed by atoms with Crippen LogP contribution in [0, 0.1) is 11.1 Å². The molecule has 0 aromatic heterocycles. The van der Waals surface area contributed by atoms with Gasteiger partial charge in [-0.15, -0.1) is 5.01 Å². The lowest BCUT2D eigenvalue weighted by Crippen LogP contribution is -2.43. The van der Waals surface area contributed by atoms with Crippen molar-refractivity contribution in [2.75, 3.05) is 13.8 Å². The average molecular weight is 321 g/mol. The molecule has 0 saturated heterocycles. The molecule has 0 aliphatic rings. The summed E-state index contributed by atoms with van der Waals surface area (Å²) in [5, 5.41) is 24.7. The zero-order valence-corrected chi connectivity index (χ0v) is 13.4. The van der Waals surface area contributed by atoms with Crippen LogP contribution in [0.3, 0.4) is 0 Å². The van der Waals surface area contributed by atoms with E-state index in [0.717, 1.165) is 5.01 Å². The molecule has 0 aromatic carbocycles. The number of aliphatic carboxylic acids is 1. The Hall–Kier alpha value is -2.26. The number of hydrogen-bond acceptors (Lipinski definition) is 7. The van der Waals surface area contributed by atoms with Crippen molar-refractivity contribution in [1.29, 1.82) is 0 Å². The number of carboxylic acid groups (broad SMARTS) is 1. The maximum atomic E-state index is 11.6. The zero-order valence-electron chi connectivity index (χ0n) is 13.4. The Bertz CT molecular complexity index is 398. The minimum atomic E-state index is -1.15. The van der Waals surface area contributed by atoms with Crippen molar-refractivity contribution in [3.63, 3.8) is 0 Å². The van der Waals surface area contributed by atoms with Gasteiger partial charge in [-0.3, -0.25) is 0 Å². The van der Waals surface area contributed by atoms with Crippen LogP contribution in [0.25, 0.3) is 0 Å². The largest absolute Gasteiger partial charge is 0.569 e. The van der Waals surface area contributed by atoms with Crippen molar-refractivity contribution in [3.8, 4) is 0 Å². The van der Waals surface area contributed by atoms with Gasteiger partial charge >= 0.3 is 12.1 Å². The van der Waals surface area contributed by atoms with Gasteiger partial charge in [0.15, 0.2) is 6.04 Å². The Morgan fingerprint density at radius 3 is 2.36 bits per heavy atom. The molecule has 10 heteroatoms. The summed E-state index contributed by atoms with van der Waals surface area (Å²) in [6.07, 6.45) is -1.05. The molecule has 0 rings (SSSR count). The third-order valence-corrected chi connectivity index (χ3v) is 2.39. The summed E-state index contributed by atoms with van der Waals surface area (Å²) in [6, 6.07) is -1.04. The molecule has 1 atom stereocenters. The van der Waals surface area contributed by atoms with Gasteiger partial charge in [0.1, 0.15) is 0 Å². The van der Waals surface area contributed by atoms with Crippen LogP contribution >= 0.6 is 0 Å². The van der Waals surface area contributed by atoms with Crippen molar-refractivity contribution in [2.24, 2.45) is 11.2 Å². The Kier molecular flexibility index (Phi) is 8.65. The van der Waals surface area contributed by atoms with Gasteiger partial charge in [0.05, 0.1) is 18.1 Å². The molecular formula is C12H23N3O7. The van der Waals surface area contributed by atoms with Gasteiger partial charge in [-0.2, -0.15) is 0 Å². The van der Waals surface area contributed by atoms with Gasteiger partial charge in [-0.25, -0.2) is 9.59 Å². The molecule has 0 radical (unpaired) electrons. The number of nitrogens with zero attached hydrogens (tertiary/aromatic N) is 3. The summed E-state index contributed by atoms with van der Waals surface area (Å²) in [7, 11) is 1.27. The Morgan fingerprint density at radius 1 is 1.32 bits per heavy atom. The highest BCUT2D eigenvalue weighted by atomic mass is 16.8. The van der Waals surface area contributed by atoms with E-state index >= 15 is 0 Å². The topological polar surface area (TPSA) is 124 Å². The summed E-state index contributed by atoms with van der Waals surface area (Å²) in [5.74, 6) is -1.07. The maximum absolute atomic E-state index is 11.6. The number of hydrazine groups is 1. The fraction of sp³-hybridized carbons (Fsp3) is 0.833. The quantitative estimate of drug-likeness (QED) is 0.170. The average Bonchev–Trinajstić information content (AvgIpc) is 2.38. The lowest BCUT2D eigenvalue weighted by molar-refractivity contribution is -0.711. The molecule has 10 nitrogen and oxygen atoms in total. The number of likely N-dealkylation sites (N-methyl/N-ethyl adjacent to an activating group) is 1. The van der Waals surface area contributed by atoms with E-state index in [1.165, 1.54) is 7.05 Å². The van der Waals surface area contributed by atoms with Gasteiger partial charge in [-0.05, 0) is 26.2 Å². The predicted molar refractivity (Wildman–Crippen MR) is 73.4 cm³/mol. The molecule has 0 saturated carbocycles. The molecular weight excluding hydrogens is 298 g/mol. The second-order valence-corrected chi connectivity index (χ2v) is 5.20. The number of carbonyl (C=O) groups is 2. The molecule has 0 unspecified atom stereocenters. The smallest absolute Gasteiger partial charge is 0.511 e. The lowest BCUT2D eigenvalue weighted by Gasteiger charge is -2.21. The van der Waals surface area contributed by atoms with Crippen LogP contribution < -0.4 is 0 Å². The first-order valence-corrected chi connectivity index (χ1v) is 6.74. The summed E-state index contributed by atoms with van der Waals surface area (Å²) in [5.41, 5.74) is 0. The summed E-state index contributed by atoms with van der Waals surface area (Å²) in [6.45, 7) is 6.32. The second kappa shape index (κ2) is 9.64. The van der Waals surface area contributed by atoms with E-state index in [0.29, 0.717) is 0 Å². The molecule has 22 heavy (non-hydrogen) atoms. The molecule has 1 N–H and O–H groups in total. The summed E-state index contributed by atoms with van der Waals surface area (Å²) < 4.78 is 9.13. The number of ether oxygens (including phenoxy) is 2. The van der Waals surface area contributed by atoms with Gasteiger partial charge in [0.2, 0.25) is 5.28 Å². The molecule has 0 aromatic rings. The minimum Gasteiger partial charge on any atom is -0.569 e. The standard InChI is InChI=1S/C12H23N3O7/c1-8(2)6-10(11(16)17)14(5)15(19)13-21-7-20-12(18)22-9(3)4/h8-10H,6-7H2,1-5H3,(H,16,17)/b15-13-/t10-/m0/s1. The van der Waals surface area contributed by atoms with Crippen molar-refractivity contribution >= 4 is 12.1 Å². The third-order valence-electron chi connectivity index (χ3n) is 2.39. The van der Waals surface area contributed by atoms with Crippen molar-refractivity contribution in [1.82, 2.24) is 5.01 Å². The lowest BCUT2D eigenvalue weighted by atomic mass is 10.0. The first kappa shape index (κ1) is 19.7. The fourth-order valence-corrected chi connectivity index (χ4v) is 1.41. The molecule has 0 spiro atoms. The molecule has 0 bridgehead atoms. The number of hydrogen-bond donors (Lipinski definition) is 1. The van der Waals surface area contributed by atoms with Crippen molar-refractivity contribution in [2.45, 2.75) is 46.3 Å². The highest BCUT2D eigenvalue weighted by Crippen LogP contribution is 2.11. The molecule has 0 aliphatic carbocycles. The van der Waals surface area contributed by atoms with Crippen LogP contribution in [0.1, 0.15) is 34.1 Å². The maximum Gasteiger partial charge on any atom is 0.511 e. The van der Waals surface area contributed by atoms with Crippen LogP contribution in [0.5, 0.6) is 0 Å². The highest BCUT2D eigenvalue weighted by Gasteiger charge is 2.29. The SMILES string of the molecule is CC(C)C[C@@H](C(=O)O)N(C)/[N+]([O-])=N/OCOC(=O)OC(C)C. The summed E-state index contributed by atoms with van der Waals surface area (Å²) >= 11 is 0. The third kappa shape index (κ3) is 8.12. The van der Waals surface area contributed by atoms with E-state index in [2.05, 4.69) is 19.6 Å². The number of rotatable bonds is 9. The second-order valence-electron chi connectivity index (χ2n) is 5.20. The van der Waals surface area contributed by atoms with Crippen LogP contribution in [0.4, 0.5) is 4.79 Å². The van der Waals surface area contributed by atoms with Crippen LogP contribution in [-0.4, -0.2) is 53.2 Å². The monoisotopic (exact) mass is 321 g/mol. The van der Waals surface area contributed by atoms with Crippen LogP contribution in [0.2, 0.25) is 0 Å². The molecule has 0 amide bonds. The van der Waals surface area contributed by atoms with E-state index < -0.39 is 25.0 Å². The Morgan fingerprint density at radius 2 is 1.91 bits per heavy atom.